The number of amides is 1. The highest BCUT2D eigenvalue weighted by molar-refractivity contribution is 7.16. The van der Waals surface area contributed by atoms with E-state index >= 15 is 0 Å². The Morgan fingerprint density at radius 2 is 2.06 bits per heavy atom. The van der Waals surface area contributed by atoms with Crippen LogP contribution < -0.4 is 15.8 Å². The summed E-state index contributed by atoms with van der Waals surface area (Å²) >= 11 is 1.54. The normalized spacial score (nSPS) is 11.0. The topological polar surface area (TPSA) is 107 Å². The van der Waals surface area contributed by atoms with Crippen molar-refractivity contribution in [3.8, 4) is 11.6 Å². The fraction of sp³-hybridized carbons (Fsp3) is 0. The van der Waals surface area contributed by atoms with Crippen molar-refractivity contribution < 1.29 is 13.9 Å². The number of aromatic nitrogens is 4. The summed E-state index contributed by atoms with van der Waals surface area (Å²) in [5, 5.41) is 7.59. The van der Waals surface area contributed by atoms with E-state index in [-0.39, 0.29) is 17.2 Å². The van der Waals surface area contributed by atoms with Gasteiger partial charge in [-0.15, -0.1) is 16.4 Å². The van der Waals surface area contributed by atoms with Crippen LogP contribution in [-0.2, 0) is 4.79 Å². The summed E-state index contributed by atoms with van der Waals surface area (Å²) in [6.45, 7) is 3.62. The van der Waals surface area contributed by atoms with Crippen LogP contribution in [0.3, 0.4) is 0 Å². The highest BCUT2D eigenvalue weighted by Crippen LogP contribution is 2.29. The van der Waals surface area contributed by atoms with Crippen molar-refractivity contribution in [1.29, 1.82) is 0 Å². The van der Waals surface area contributed by atoms with Gasteiger partial charge in [0.15, 0.2) is 17.2 Å². The number of carbonyl (C=O) groups is 1. The number of nitrogens with two attached hydrogens (primary N) is 1. The lowest BCUT2D eigenvalue weighted by Gasteiger charge is -2.10. The predicted octanol–water partition coefficient (Wildman–Crippen LogP) is 4.51. The molecule has 158 valence electrons. The third kappa shape index (κ3) is 3.63. The number of nitrogens with one attached hydrogen (secondary N) is 1. The lowest BCUT2D eigenvalue weighted by Crippen LogP contribution is -2.12. The third-order valence-corrected chi connectivity index (χ3v) is 5.50. The first-order valence-corrected chi connectivity index (χ1v) is 10.3. The molecule has 0 unspecified atom stereocenters. The maximum atomic E-state index is 14.4. The molecule has 0 aliphatic rings. The maximum absolute atomic E-state index is 14.4. The number of hydrogen-bond acceptors (Lipinski definition) is 7. The first-order valence-electron chi connectivity index (χ1n) is 9.40. The molecule has 1 amide bonds. The number of anilines is 2. The Morgan fingerprint density at radius 1 is 1.19 bits per heavy atom. The number of ether oxygens (including phenoxy) is 1. The Bertz CT molecular complexity index is 1510. The number of thiazole rings is 1. The Labute approximate surface area is 184 Å². The van der Waals surface area contributed by atoms with Crippen LogP contribution in [0.15, 0.2) is 66.7 Å². The Kier molecular flexibility index (Phi) is 4.75. The molecule has 32 heavy (non-hydrogen) atoms. The largest absolute Gasteiger partial charge is 0.436 e. The summed E-state index contributed by atoms with van der Waals surface area (Å²) in [5.74, 6) is -0.825. The average Bonchev–Trinajstić information content (AvgIpc) is 3.41. The number of rotatable bonds is 6. The van der Waals surface area contributed by atoms with Gasteiger partial charge in [-0.1, -0.05) is 18.7 Å². The van der Waals surface area contributed by atoms with Crippen molar-refractivity contribution >= 4 is 50.3 Å². The number of fused-ring (bicyclic) bond motifs is 2. The molecule has 10 heteroatoms. The molecule has 3 N–H and O–H groups in total. The Balaban J connectivity index is 1.46. The summed E-state index contributed by atoms with van der Waals surface area (Å²) in [7, 11) is 0. The van der Waals surface area contributed by atoms with E-state index in [0.29, 0.717) is 17.2 Å². The van der Waals surface area contributed by atoms with Crippen LogP contribution in [0.5, 0.6) is 11.6 Å². The standard InChI is InChI=1S/C22H15FN6O2S/c1-12(21(24)30)13-5-7-15(23)17(9-13)31-20-4-2-3-19-27-22(28-29(19)20)26-14-6-8-16-18(10-14)32-11-25-16/h2-11H,1H2,(H2,24,30)(H,26,28). The third-order valence-electron chi connectivity index (χ3n) is 4.70. The molecule has 0 bridgehead atoms. The van der Waals surface area contributed by atoms with E-state index in [1.807, 2.05) is 18.2 Å². The van der Waals surface area contributed by atoms with E-state index in [0.717, 1.165) is 15.9 Å². The number of benzene rings is 2. The fourth-order valence-corrected chi connectivity index (χ4v) is 3.81. The molecule has 0 atom stereocenters. The minimum atomic E-state index is -0.701. The molecule has 3 heterocycles. The van der Waals surface area contributed by atoms with Gasteiger partial charge in [0.25, 0.3) is 0 Å². The summed E-state index contributed by atoms with van der Waals surface area (Å²) in [6.07, 6.45) is 0. The summed E-state index contributed by atoms with van der Waals surface area (Å²) in [5.41, 5.74) is 9.70. The molecule has 5 aromatic rings. The second-order valence-electron chi connectivity index (χ2n) is 6.82. The van der Waals surface area contributed by atoms with Gasteiger partial charge < -0.3 is 15.8 Å². The van der Waals surface area contributed by atoms with Gasteiger partial charge >= 0.3 is 0 Å². The van der Waals surface area contributed by atoms with E-state index in [1.165, 1.54) is 34.1 Å². The van der Waals surface area contributed by atoms with Gasteiger partial charge in [-0.3, -0.25) is 4.79 Å². The van der Waals surface area contributed by atoms with Gasteiger partial charge in [0, 0.05) is 17.3 Å². The Morgan fingerprint density at radius 3 is 2.91 bits per heavy atom. The highest BCUT2D eigenvalue weighted by atomic mass is 32.1. The number of halogens is 1. The van der Waals surface area contributed by atoms with Crippen molar-refractivity contribution in [3.05, 3.63) is 78.1 Å². The van der Waals surface area contributed by atoms with Crippen LogP contribution in [-0.4, -0.2) is 25.5 Å². The molecule has 8 nitrogen and oxygen atoms in total. The van der Waals surface area contributed by atoms with Crippen LogP contribution >= 0.6 is 11.3 Å². The van der Waals surface area contributed by atoms with Crippen molar-refractivity contribution in [3.63, 3.8) is 0 Å². The van der Waals surface area contributed by atoms with Crippen LogP contribution in [0.1, 0.15) is 5.56 Å². The molecule has 0 aliphatic heterocycles. The number of pyridine rings is 1. The van der Waals surface area contributed by atoms with Gasteiger partial charge in [-0.25, -0.2) is 9.37 Å². The molecule has 0 saturated heterocycles. The Hall–Kier alpha value is -4.31. The van der Waals surface area contributed by atoms with E-state index < -0.39 is 11.7 Å². The van der Waals surface area contributed by atoms with Crippen LogP contribution in [0.4, 0.5) is 16.0 Å². The summed E-state index contributed by atoms with van der Waals surface area (Å²) in [6, 6.07) is 14.8. The second kappa shape index (κ2) is 7.75. The van der Waals surface area contributed by atoms with Crippen LogP contribution in [0.2, 0.25) is 0 Å². The minimum absolute atomic E-state index is 0.0539. The molecule has 3 aromatic heterocycles. The second-order valence-corrected chi connectivity index (χ2v) is 7.71. The van der Waals surface area contributed by atoms with E-state index in [2.05, 4.69) is 27.0 Å². The van der Waals surface area contributed by atoms with E-state index in [4.69, 9.17) is 10.5 Å². The number of carbonyl (C=O) groups excluding carboxylic acids is 1. The molecule has 0 fully saturated rings. The van der Waals surface area contributed by atoms with Gasteiger partial charge in [0.05, 0.1) is 15.7 Å². The zero-order chi connectivity index (χ0) is 22.2. The summed E-state index contributed by atoms with van der Waals surface area (Å²) in [4.78, 5) is 20.1. The molecule has 0 aliphatic carbocycles. The van der Waals surface area contributed by atoms with E-state index in [1.54, 1.807) is 23.7 Å². The number of hydrogen-bond donors (Lipinski definition) is 2. The lowest BCUT2D eigenvalue weighted by molar-refractivity contribution is -0.112. The predicted molar refractivity (Wildman–Crippen MR) is 121 cm³/mol. The van der Waals surface area contributed by atoms with Crippen LogP contribution in [0, 0.1) is 5.82 Å². The quantitative estimate of drug-likeness (QED) is 0.372. The molecular formula is C22H15FN6O2S. The SMILES string of the molecule is C=C(C(N)=O)c1ccc(F)c(Oc2cccc3nc(Nc4ccc5ncsc5c4)nn23)c1. The maximum Gasteiger partial charge on any atom is 0.248 e. The summed E-state index contributed by atoms with van der Waals surface area (Å²) < 4.78 is 22.6. The fourth-order valence-electron chi connectivity index (χ4n) is 3.10. The molecular weight excluding hydrogens is 431 g/mol. The van der Waals surface area contributed by atoms with Crippen molar-refractivity contribution in [2.75, 3.05) is 5.32 Å². The smallest absolute Gasteiger partial charge is 0.248 e. The minimum Gasteiger partial charge on any atom is -0.436 e. The first-order chi connectivity index (χ1) is 15.5. The van der Waals surface area contributed by atoms with Gasteiger partial charge in [0.2, 0.25) is 17.7 Å². The number of nitrogens with zero attached hydrogens (tertiary/aromatic N) is 4. The zero-order valence-electron chi connectivity index (χ0n) is 16.4. The van der Waals surface area contributed by atoms with Crippen LogP contribution in [0.25, 0.3) is 21.4 Å². The molecule has 5 rings (SSSR count). The van der Waals surface area contributed by atoms with E-state index in [9.17, 15) is 9.18 Å². The highest BCUT2D eigenvalue weighted by Gasteiger charge is 2.14. The van der Waals surface area contributed by atoms with Crippen molar-refractivity contribution in [2.24, 2.45) is 5.73 Å². The lowest BCUT2D eigenvalue weighted by atomic mass is 10.1. The monoisotopic (exact) mass is 446 g/mol. The van der Waals surface area contributed by atoms with Gasteiger partial charge in [-0.05, 0) is 42.0 Å². The zero-order valence-corrected chi connectivity index (χ0v) is 17.3. The first kappa shape index (κ1) is 19.6. The molecule has 0 saturated carbocycles. The number of primary amides is 1. The molecule has 2 aromatic carbocycles. The molecule has 0 spiro atoms. The van der Waals surface area contributed by atoms with Gasteiger partial charge in [0.1, 0.15) is 0 Å². The van der Waals surface area contributed by atoms with Crippen molar-refractivity contribution in [2.45, 2.75) is 0 Å². The average molecular weight is 446 g/mol. The van der Waals surface area contributed by atoms with Gasteiger partial charge in [-0.2, -0.15) is 9.50 Å². The molecule has 0 radical (unpaired) electrons. The van der Waals surface area contributed by atoms with Crippen molar-refractivity contribution in [1.82, 2.24) is 19.6 Å².